The first-order chi connectivity index (χ1) is 10.0. The van der Waals surface area contributed by atoms with Crippen LogP contribution in [0.4, 0.5) is 0 Å². The maximum absolute atomic E-state index is 12.3. The van der Waals surface area contributed by atoms with Crippen LogP contribution < -0.4 is 10.0 Å². The van der Waals surface area contributed by atoms with E-state index in [1.807, 2.05) is 13.1 Å². The third-order valence-corrected chi connectivity index (χ3v) is 4.76. The van der Waals surface area contributed by atoms with E-state index in [1.54, 1.807) is 19.2 Å². The number of nitrogens with one attached hydrogen (secondary N) is 2. The van der Waals surface area contributed by atoms with Crippen LogP contribution in [-0.4, -0.2) is 35.7 Å². The van der Waals surface area contributed by atoms with E-state index < -0.39 is 10.0 Å². The van der Waals surface area contributed by atoms with Gasteiger partial charge in [0.15, 0.2) is 0 Å². The molecule has 0 aromatic heterocycles. The molecule has 21 heavy (non-hydrogen) atoms. The minimum absolute atomic E-state index is 0.330. The molecule has 5 nitrogen and oxygen atoms in total. The van der Waals surface area contributed by atoms with E-state index in [0.717, 1.165) is 24.8 Å². The van der Waals surface area contributed by atoms with E-state index in [1.165, 1.54) is 5.56 Å². The van der Waals surface area contributed by atoms with Gasteiger partial charge in [0.05, 0.1) is 4.90 Å². The Labute approximate surface area is 128 Å². The molecule has 0 bridgehead atoms. The minimum Gasteiger partial charge on any atom is -0.385 e. The Hall–Kier alpha value is -0.950. The lowest BCUT2D eigenvalue weighted by Gasteiger charge is -2.11. The molecule has 0 spiro atoms. The van der Waals surface area contributed by atoms with Crippen molar-refractivity contribution in [3.8, 4) is 0 Å². The van der Waals surface area contributed by atoms with Crippen molar-refractivity contribution in [1.82, 2.24) is 10.0 Å². The third-order valence-electron chi connectivity index (χ3n) is 3.30. The zero-order valence-corrected chi connectivity index (χ0v) is 13.9. The second-order valence-corrected chi connectivity index (χ2v) is 6.68. The number of ether oxygens (including phenoxy) is 1. The van der Waals surface area contributed by atoms with Crippen LogP contribution in [0.5, 0.6) is 0 Å². The summed E-state index contributed by atoms with van der Waals surface area (Å²) >= 11 is 0. The zero-order chi connectivity index (χ0) is 15.7. The van der Waals surface area contributed by atoms with Gasteiger partial charge in [-0.15, -0.1) is 0 Å². The lowest BCUT2D eigenvalue weighted by atomic mass is 10.1. The van der Waals surface area contributed by atoms with Gasteiger partial charge in [0, 0.05) is 26.8 Å². The van der Waals surface area contributed by atoms with Crippen molar-refractivity contribution in [2.75, 3.05) is 27.3 Å². The highest BCUT2D eigenvalue weighted by Crippen LogP contribution is 2.17. The Kier molecular flexibility index (Phi) is 7.88. The fourth-order valence-corrected chi connectivity index (χ4v) is 3.25. The lowest BCUT2D eigenvalue weighted by Crippen LogP contribution is -2.25. The van der Waals surface area contributed by atoms with Crippen molar-refractivity contribution in [2.45, 2.75) is 37.6 Å². The number of methoxy groups -OCH3 is 1. The summed E-state index contributed by atoms with van der Waals surface area (Å²) in [5, 5.41) is 3.07. The summed E-state index contributed by atoms with van der Waals surface area (Å²) in [6.07, 6.45) is 2.50. The minimum atomic E-state index is -3.43. The quantitative estimate of drug-likeness (QED) is 0.645. The highest BCUT2D eigenvalue weighted by molar-refractivity contribution is 7.89. The molecule has 0 amide bonds. The van der Waals surface area contributed by atoms with Crippen LogP contribution in [-0.2, 0) is 27.7 Å². The van der Waals surface area contributed by atoms with Crippen LogP contribution in [0.25, 0.3) is 0 Å². The van der Waals surface area contributed by atoms with Crippen LogP contribution >= 0.6 is 0 Å². The molecule has 1 aromatic carbocycles. The van der Waals surface area contributed by atoms with Crippen LogP contribution in [0.2, 0.25) is 0 Å². The highest BCUT2D eigenvalue weighted by Gasteiger charge is 2.15. The van der Waals surface area contributed by atoms with Gasteiger partial charge in [-0.25, -0.2) is 13.1 Å². The van der Waals surface area contributed by atoms with Gasteiger partial charge in [0.25, 0.3) is 0 Å². The summed E-state index contributed by atoms with van der Waals surface area (Å²) in [4.78, 5) is 0.330. The van der Waals surface area contributed by atoms with E-state index in [0.29, 0.717) is 24.6 Å². The first kappa shape index (κ1) is 18.1. The monoisotopic (exact) mass is 314 g/mol. The second-order valence-electron chi connectivity index (χ2n) is 4.91. The molecule has 0 atom stereocenters. The van der Waals surface area contributed by atoms with Gasteiger partial charge in [-0.2, -0.15) is 0 Å². The van der Waals surface area contributed by atoms with E-state index in [-0.39, 0.29) is 0 Å². The third kappa shape index (κ3) is 5.74. The van der Waals surface area contributed by atoms with Gasteiger partial charge < -0.3 is 10.1 Å². The summed E-state index contributed by atoms with van der Waals surface area (Å²) < 4.78 is 32.1. The van der Waals surface area contributed by atoms with Gasteiger partial charge >= 0.3 is 0 Å². The van der Waals surface area contributed by atoms with E-state index in [9.17, 15) is 8.42 Å². The highest BCUT2D eigenvalue weighted by atomic mass is 32.2. The maximum Gasteiger partial charge on any atom is 0.240 e. The Bertz CT molecular complexity index is 530. The van der Waals surface area contributed by atoms with E-state index in [4.69, 9.17) is 4.74 Å². The Morgan fingerprint density at radius 1 is 1.19 bits per heavy atom. The molecule has 0 saturated carbocycles. The first-order valence-corrected chi connectivity index (χ1v) is 8.78. The molecule has 1 rings (SSSR count). The summed E-state index contributed by atoms with van der Waals surface area (Å²) in [5.74, 6) is 0. The standard InChI is InChI=1S/C15H26N2O3S/c1-4-13-7-8-15(11-14(13)12-16-2)21(18,19)17-9-5-6-10-20-3/h7-8,11,16-17H,4-6,9-10,12H2,1-3H3. The SMILES string of the molecule is CCc1ccc(S(=O)(=O)NCCCCOC)cc1CNC. The van der Waals surface area contributed by atoms with Gasteiger partial charge in [-0.05, 0) is 49.6 Å². The average Bonchev–Trinajstić information content (AvgIpc) is 2.47. The fraction of sp³-hybridized carbons (Fsp3) is 0.600. The molecule has 0 saturated heterocycles. The number of sulfonamides is 1. The average molecular weight is 314 g/mol. The molecule has 0 radical (unpaired) electrons. The lowest BCUT2D eigenvalue weighted by molar-refractivity contribution is 0.193. The molecule has 1 aromatic rings. The zero-order valence-electron chi connectivity index (χ0n) is 13.1. The second kappa shape index (κ2) is 9.15. The molecule has 120 valence electrons. The molecule has 0 unspecified atom stereocenters. The molecule has 0 fully saturated rings. The van der Waals surface area contributed by atoms with Crippen LogP contribution in [0, 0.1) is 0 Å². The number of rotatable bonds is 10. The molecular weight excluding hydrogens is 288 g/mol. The smallest absolute Gasteiger partial charge is 0.240 e. The summed E-state index contributed by atoms with van der Waals surface area (Å²) in [6, 6.07) is 5.33. The first-order valence-electron chi connectivity index (χ1n) is 7.30. The molecule has 0 heterocycles. The molecule has 0 aliphatic rings. The number of hydrogen-bond donors (Lipinski definition) is 2. The van der Waals surface area contributed by atoms with Crippen molar-refractivity contribution in [1.29, 1.82) is 0 Å². The Morgan fingerprint density at radius 2 is 1.95 bits per heavy atom. The van der Waals surface area contributed by atoms with E-state index in [2.05, 4.69) is 17.0 Å². The predicted octanol–water partition coefficient (Wildman–Crippen LogP) is 1.67. The van der Waals surface area contributed by atoms with Crippen LogP contribution in [0.3, 0.4) is 0 Å². The molecule has 0 aliphatic carbocycles. The normalized spacial score (nSPS) is 11.8. The summed E-state index contributed by atoms with van der Waals surface area (Å²) in [7, 11) is 0.0656. The van der Waals surface area contributed by atoms with Gasteiger partial charge in [0.2, 0.25) is 10.0 Å². The van der Waals surface area contributed by atoms with Gasteiger partial charge in [-0.1, -0.05) is 13.0 Å². The topological polar surface area (TPSA) is 67.4 Å². The largest absolute Gasteiger partial charge is 0.385 e. The van der Waals surface area contributed by atoms with Crippen molar-refractivity contribution >= 4 is 10.0 Å². The fourth-order valence-electron chi connectivity index (χ4n) is 2.13. The maximum atomic E-state index is 12.3. The van der Waals surface area contributed by atoms with Crippen molar-refractivity contribution in [3.05, 3.63) is 29.3 Å². The Morgan fingerprint density at radius 3 is 2.57 bits per heavy atom. The number of unbranched alkanes of at least 4 members (excludes halogenated alkanes) is 1. The van der Waals surface area contributed by atoms with Crippen LogP contribution in [0.1, 0.15) is 30.9 Å². The summed E-state index contributed by atoms with van der Waals surface area (Å²) in [5.41, 5.74) is 2.20. The van der Waals surface area contributed by atoms with Crippen molar-refractivity contribution in [2.24, 2.45) is 0 Å². The molecular formula is C15H26N2O3S. The van der Waals surface area contributed by atoms with Gasteiger partial charge in [0.1, 0.15) is 0 Å². The van der Waals surface area contributed by atoms with Crippen molar-refractivity contribution in [3.63, 3.8) is 0 Å². The van der Waals surface area contributed by atoms with E-state index >= 15 is 0 Å². The summed E-state index contributed by atoms with van der Waals surface area (Å²) in [6.45, 7) is 3.82. The Balaban J connectivity index is 2.76. The number of benzene rings is 1. The molecule has 0 aliphatic heterocycles. The number of aryl methyl sites for hydroxylation is 1. The molecule has 2 N–H and O–H groups in total. The van der Waals surface area contributed by atoms with Crippen molar-refractivity contribution < 1.29 is 13.2 Å². The van der Waals surface area contributed by atoms with Crippen LogP contribution in [0.15, 0.2) is 23.1 Å². The van der Waals surface area contributed by atoms with Gasteiger partial charge in [-0.3, -0.25) is 0 Å². The number of hydrogen-bond acceptors (Lipinski definition) is 4. The molecule has 6 heteroatoms. The predicted molar refractivity (Wildman–Crippen MR) is 84.9 cm³/mol.